The van der Waals surface area contributed by atoms with Gasteiger partial charge in [0.15, 0.2) is 0 Å². The van der Waals surface area contributed by atoms with Crippen LogP contribution in [0.15, 0.2) is 29.2 Å². The van der Waals surface area contributed by atoms with Crippen molar-refractivity contribution in [2.75, 3.05) is 0 Å². The molecule has 0 spiro atoms. The van der Waals surface area contributed by atoms with Crippen LogP contribution in [0.3, 0.4) is 0 Å². The molecule has 5 heteroatoms. The van der Waals surface area contributed by atoms with Crippen molar-refractivity contribution in [2.24, 2.45) is 0 Å². The second-order valence-corrected chi connectivity index (χ2v) is 4.46. The average molecular weight is 258 g/mol. The number of hydrogen-bond donors (Lipinski definition) is 1. The minimum atomic E-state index is -1.31. The van der Waals surface area contributed by atoms with Gasteiger partial charge in [-0.3, -0.25) is 4.79 Å². The highest BCUT2D eigenvalue weighted by Gasteiger charge is 2.15. The number of carbonyl (C=O) groups is 1. The molecule has 1 aromatic heterocycles. The van der Waals surface area contributed by atoms with Crippen LogP contribution >= 0.6 is 0 Å². The molecule has 0 fully saturated rings. The van der Waals surface area contributed by atoms with Gasteiger partial charge in [-0.25, -0.2) is 9.48 Å². The lowest BCUT2D eigenvalue weighted by atomic mass is 10.1. The predicted octanol–water partition coefficient (Wildman–Crippen LogP) is 1.86. The van der Waals surface area contributed by atoms with Crippen molar-refractivity contribution in [3.8, 4) is 5.69 Å². The van der Waals surface area contributed by atoms with E-state index in [2.05, 4.69) is 5.10 Å². The van der Waals surface area contributed by atoms with Gasteiger partial charge in [0.2, 0.25) is 11.1 Å². The number of hydrogen-bond acceptors (Lipinski definition) is 3. The van der Waals surface area contributed by atoms with Gasteiger partial charge in [-0.05, 0) is 38.0 Å². The SMILES string of the molecule is Cc1cccc(-n2cc(C)c(=O)c(C(=O)O)n2)c1C. The lowest BCUT2D eigenvalue weighted by Crippen LogP contribution is -2.23. The van der Waals surface area contributed by atoms with E-state index >= 15 is 0 Å². The summed E-state index contributed by atoms with van der Waals surface area (Å²) < 4.78 is 1.45. The molecule has 0 unspecified atom stereocenters. The number of carboxylic acids is 1. The molecule has 0 radical (unpaired) electrons. The Kier molecular flexibility index (Phi) is 3.21. The van der Waals surface area contributed by atoms with Crippen LogP contribution in [0.1, 0.15) is 27.2 Å². The molecule has 19 heavy (non-hydrogen) atoms. The molecule has 0 bridgehead atoms. The van der Waals surface area contributed by atoms with Gasteiger partial charge in [0.05, 0.1) is 5.69 Å². The Morgan fingerprint density at radius 3 is 2.53 bits per heavy atom. The summed E-state index contributed by atoms with van der Waals surface area (Å²) in [5.41, 5.74) is 2.19. The fourth-order valence-corrected chi connectivity index (χ4v) is 1.86. The van der Waals surface area contributed by atoms with Gasteiger partial charge in [-0.1, -0.05) is 12.1 Å². The van der Waals surface area contributed by atoms with Gasteiger partial charge in [0.1, 0.15) is 0 Å². The highest BCUT2D eigenvalue weighted by atomic mass is 16.4. The lowest BCUT2D eigenvalue weighted by Gasteiger charge is -2.12. The van der Waals surface area contributed by atoms with Crippen molar-refractivity contribution in [3.63, 3.8) is 0 Å². The summed E-state index contributed by atoms with van der Waals surface area (Å²) in [6.45, 7) is 5.48. The highest BCUT2D eigenvalue weighted by Crippen LogP contribution is 2.16. The first-order valence-electron chi connectivity index (χ1n) is 5.82. The van der Waals surface area contributed by atoms with Crippen LogP contribution in [0.4, 0.5) is 0 Å². The summed E-state index contributed by atoms with van der Waals surface area (Å²) in [6, 6.07) is 5.67. The minimum Gasteiger partial charge on any atom is -0.476 e. The van der Waals surface area contributed by atoms with Crippen molar-refractivity contribution in [1.29, 1.82) is 0 Å². The summed E-state index contributed by atoms with van der Waals surface area (Å²) >= 11 is 0. The maximum atomic E-state index is 11.7. The van der Waals surface area contributed by atoms with Crippen LogP contribution in [0, 0.1) is 20.8 Å². The molecule has 5 nitrogen and oxygen atoms in total. The molecule has 98 valence electrons. The fraction of sp³-hybridized carbons (Fsp3) is 0.214. The molecule has 2 aromatic rings. The normalized spacial score (nSPS) is 10.5. The minimum absolute atomic E-state index is 0.355. The fourth-order valence-electron chi connectivity index (χ4n) is 1.86. The third kappa shape index (κ3) is 2.27. The van der Waals surface area contributed by atoms with E-state index in [0.717, 1.165) is 16.8 Å². The van der Waals surface area contributed by atoms with Gasteiger partial charge in [0, 0.05) is 11.8 Å². The maximum Gasteiger partial charge on any atom is 0.360 e. The maximum absolute atomic E-state index is 11.7. The number of aromatic carboxylic acids is 1. The first-order chi connectivity index (χ1) is 8.91. The van der Waals surface area contributed by atoms with Gasteiger partial charge in [0.25, 0.3) is 0 Å². The summed E-state index contributed by atoms with van der Waals surface area (Å²) in [4.78, 5) is 22.7. The van der Waals surface area contributed by atoms with Crippen LogP contribution < -0.4 is 5.43 Å². The predicted molar refractivity (Wildman–Crippen MR) is 71.0 cm³/mol. The van der Waals surface area contributed by atoms with Crippen LogP contribution in [0.5, 0.6) is 0 Å². The van der Waals surface area contributed by atoms with Crippen LogP contribution in [-0.2, 0) is 0 Å². The third-order valence-electron chi connectivity index (χ3n) is 3.12. The van der Waals surface area contributed by atoms with Crippen LogP contribution in [0.25, 0.3) is 5.69 Å². The number of benzene rings is 1. The smallest absolute Gasteiger partial charge is 0.360 e. The zero-order valence-electron chi connectivity index (χ0n) is 11.0. The summed E-state index contributed by atoms with van der Waals surface area (Å²) in [5.74, 6) is -1.31. The van der Waals surface area contributed by atoms with Gasteiger partial charge in [-0.15, -0.1) is 0 Å². The standard InChI is InChI=1S/C14H14N2O3/c1-8-5-4-6-11(10(8)3)16-7-9(2)13(17)12(15-16)14(18)19/h4-7H,1-3H3,(H,18,19). The van der Waals surface area contributed by atoms with Gasteiger partial charge in [-0.2, -0.15) is 5.10 Å². The topological polar surface area (TPSA) is 72.2 Å². The van der Waals surface area contributed by atoms with Crippen molar-refractivity contribution in [2.45, 2.75) is 20.8 Å². The highest BCUT2D eigenvalue weighted by molar-refractivity contribution is 5.85. The summed E-state index contributed by atoms with van der Waals surface area (Å²) in [5, 5.41) is 12.9. The average Bonchev–Trinajstić information content (AvgIpc) is 2.35. The molecule has 0 aliphatic heterocycles. The monoisotopic (exact) mass is 258 g/mol. The van der Waals surface area contributed by atoms with E-state index in [4.69, 9.17) is 5.11 Å². The molecule has 1 N–H and O–H groups in total. The van der Waals surface area contributed by atoms with E-state index in [1.54, 1.807) is 13.1 Å². The molecular formula is C14H14N2O3. The van der Waals surface area contributed by atoms with E-state index in [9.17, 15) is 9.59 Å². The van der Waals surface area contributed by atoms with Crippen molar-refractivity contribution in [1.82, 2.24) is 9.78 Å². The van der Waals surface area contributed by atoms with E-state index in [-0.39, 0.29) is 0 Å². The molecule has 2 rings (SSSR count). The van der Waals surface area contributed by atoms with Crippen molar-refractivity contribution >= 4 is 5.97 Å². The first-order valence-corrected chi connectivity index (χ1v) is 5.82. The Morgan fingerprint density at radius 2 is 1.89 bits per heavy atom. The number of aromatic nitrogens is 2. The lowest BCUT2D eigenvalue weighted by molar-refractivity contribution is 0.0686. The molecule has 1 heterocycles. The second kappa shape index (κ2) is 4.68. The van der Waals surface area contributed by atoms with Crippen molar-refractivity contribution in [3.05, 3.63) is 57.0 Å². The zero-order chi connectivity index (χ0) is 14.2. The number of carboxylic acid groups (broad SMARTS) is 1. The molecule has 1 aromatic carbocycles. The summed E-state index contributed by atoms with van der Waals surface area (Å²) in [6.07, 6.45) is 1.55. The van der Waals surface area contributed by atoms with E-state index < -0.39 is 17.1 Å². The van der Waals surface area contributed by atoms with Crippen molar-refractivity contribution < 1.29 is 9.90 Å². The zero-order valence-corrected chi connectivity index (χ0v) is 11.0. The van der Waals surface area contributed by atoms with Gasteiger partial charge < -0.3 is 5.11 Å². The largest absolute Gasteiger partial charge is 0.476 e. The van der Waals surface area contributed by atoms with Crippen LogP contribution in [-0.4, -0.2) is 20.9 Å². The Morgan fingerprint density at radius 1 is 1.21 bits per heavy atom. The van der Waals surface area contributed by atoms with Gasteiger partial charge >= 0.3 is 5.97 Å². The van der Waals surface area contributed by atoms with Crippen LogP contribution in [0.2, 0.25) is 0 Å². The Labute approximate surface area is 110 Å². The molecular weight excluding hydrogens is 244 g/mol. The summed E-state index contributed by atoms with van der Waals surface area (Å²) in [7, 11) is 0. The van der Waals surface area contributed by atoms with E-state index in [1.165, 1.54) is 4.68 Å². The second-order valence-electron chi connectivity index (χ2n) is 4.46. The molecule has 0 amide bonds. The number of rotatable bonds is 2. The third-order valence-corrected chi connectivity index (χ3v) is 3.12. The van der Waals surface area contributed by atoms with E-state index in [1.807, 2.05) is 32.0 Å². The first kappa shape index (κ1) is 13.0. The number of aryl methyl sites for hydroxylation is 2. The molecule has 0 atom stereocenters. The quantitative estimate of drug-likeness (QED) is 0.892. The number of nitrogens with zero attached hydrogens (tertiary/aromatic N) is 2. The molecule has 0 aliphatic rings. The molecule has 0 saturated carbocycles. The van der Waals surface area contributed by atoms with E-state index in [0.29, 0.717) is 5.56 Å². The Hall–Kier alpha value is -2.43. The molecule has 0 aliphatic carbocycles. The Bertz CT molecular complexity index is 717. The Balaban J connectivity index is 2.74. The molecule has 0 saturated heterocycles.